The lowest BCUT2D eigenvalue weighted by molar-refractivity contribution is 0.669. The van der Waals surface area contributed by atoms with E-state index in [-0.39, 0.29) is 0 Å². The van der Waals surface area contributed by atoms with Crippen molar-refractivity contribution in [3.8, 4) is 11.1 Å². The first kappa shape index (κ1) is 13.0. The van der Waals surface area contributed by atoms with E-state index in [4.69, 9.17) is 4.42 Å². The zero-order valence-electron chi connectivity index (χ0n) is 12.7. The van der Waals surface area contributed by atoms with Crippen LogP contribution in [0.1, 0.15) is 0 Å². The van der Waals surface area contributed by atoms with Gasteiger partial charge in [-0.2, -0.15) is 0 Å². The van der Waals surface area contributed by atoms with Gasteiger partial charge in [0.15, 0.2) is 0 Å². The molecule has 0 N–H and O–H groups in total. The normalized spacial score (nSPS) is 11.2. The molecule has 0 radical (unpaired) electrons. The molecule has 0 fully saturated rings. The maximum atomic E-state index is 5.98. The van der Waals surface area contributed by atoms with Crippen LogP contribution < -0.4 is 4.90 Å². The van der Waals surface area contributed by atoms with Crippen LogP contribution in [-0.4, -0.2) is 14.1 Å². The molecule has 0 saturated heterocycles. The Morgan fingerprint density at radius 2 is 1.45 bits per heavy atom. The summed E-state index contributed by atoms with van der Waals surface area (Å²) in [7, 11) is 4.11. The lowest BCUT2D eigenvalue weighted by Crippen LogP contribution is -2.08. The molecule has 1 aromatic heterocycles. The number of para-hydroxylation sites is 1. The van der Waals surface area contributed by atoms with Gasteiger partial charge in [0.1, 0.15) is 11.2 Å². The van der Waals surface area contributed by atoms with E-state index >= 15 is 0 Å². The fraction of sp³-hybridized carbons (Fsp3) is 0.100. The maximum absolute atomic E-state index is 5.98. The number of hydrogen-bond donors (Lipinski definition) is 0. The molecule has 0 aliphatic rings. The summed E-state index contributed by atoms with van der Waals surface area (Å²) in [5.41, 5.74) is 5.46. The molecule has 4 rings (SSSR count). The minimum atomic E-state index is 0.939. The molecule has 4 aromatic rings. The third-order valence-corrected chi connectivity index (χ3v) is 4.07. The van der Waals surface area contributed by atoms with E-state index in [1.54, 1.807) is 0 Å². The van der Waals surface area contributed by atoms with Crippen molar-refractivity contribution in [3.63, 3.8) is 0 Å². The number of nitrogens with zero attached hydrogens (tertiary/aromatic N) is 1. The zero-order valence-corrected chi connectivity index (χ0v) is 12.7. The summed E-state index contributed by atoms with van der Waals surface area (Å²) in [5, 5.41) is 2.34. The largest absolute Gasteiger partial charge is 0.456 e. The molecule has 2 heteroatoms. The molecule has 0 unspecified atom stereocenters. The van der Waals surface area contributed by atoms with Crippen LogP contribution in [0.15, 0.2) is 71.1 Å². The van der Waals surface area contributed by atoms with Gasteiger partial charge in [-0.25, -0.2) is 0 Å². The first-order valence-electron chi connectivity index (χ1n) is 7.41. The Morgan fingerprint density at radius 3 is 2.32 bits per heavy atom. The smallest absolute Gasteiger partial charge is 0.136 e. The summed E-state index contributed by atoms with van der Waals surface area (Å²) in [6.07, 6.45) is 0. The van der Waals surface area contributed by atoms with Crippen molar-refractivity contribution in [2.75, 3.05) is 19.0 Å². The van der Waals surface area contributed by atoms with Gasteiger partial charge in [0.2, 0.25) is 0 Å². The first-order chi connectivity index (χ1) is 10.7. The van der Waals surface area contributed by atoms with Crippen molar-refractivity contribution in [2.24, 2.45) is 0 Å². The zero-order chi connectivity index (χ0) is 15.1. The standard InChI is InChI=1S/C20H17NO/c1-21(2)16-7-5-6-14(12-16)15-10-11-18-17-8-3-4-9-19(17)22-20(18)13-15/h3-13H,1-2H3. The Hall–Kier alpha value is -2.74. The Balaban J connectivity index is 1.89. The molecule has 0 bridgehead atoms. The molecule has 0 amide bonds. The van der Waals surface area contributed by atoms with Crippen LogP contribution in [0.2, 0.25) is 0 Å². The van der Waals surface area contributed by atoms with Crippen LogP contribution in [0.5, 0.6) is 0 Å². The average Bonchev–Trinajstić information content (AvgIpc) is 2.92. The quantitative estimate of drug-likeness (QED) is 0.496. The van der Waals surface area contributed by atoms with Crippen LogP contribution in [0.25, 0.3) is 33.1 Å². The van der Waals surface area contributed by atoms with Crippen molar-refractivity contribution >= 4 is 27.6 Å². The number of fused-ring (bicyclic) bond motifs is 3. The monoisotopic (exact) mass is 287 g/mol. The Kier molecular flexibility index (Phi) is 2.90. The lowest BCUT2D eigenvalue weighted by Gasteiger charge is -2.13. The Bertz CT molecular complexity index is 966. The van der Waals surface area contributed by atoms with E-state index in [0.29, 0.717) is 0 Å². The van der Waals surface area contributed by atoms with Crippen LogP contribution in [0, 0.1) is 0 Å². The molecule has 0 aliphatic carbocycles. The van der Waals surface area contributed by atoms with Crippen LogP contribution >= 0.6 is 0 Å². The number of furan rings is 1. The van der Waals surface area contributed by atoms with E-state index < -0.39 is 0 Å². The van der Waals surface area contributed by atoms with Crippen LogP contribution in [0.3, 0.4) is 0 Å². The highest BCUT2D eigenvalue weighted by molar-refractivity contribution is 6.05. The topological polar surface area (TPSA) is 16.4 Å². The molecular formula is C20H17NO. The molecule has 22 heavy (non-hydrogen) atoms. The van der Waals surface area contributed by atoms with Gasteiger partial charge in [-0.15, -0.1) is 0 Å². The molecule has 2 nitrogen and oxygen atoms in total. The highest BCUT2D eigenvalue weighted by atomic mass is 16.3. The number of rotatable bonds is 2. The van der Waals surface area contributed by atoms with Gasteiger partial charge in [0.25, 0.3) is 0 Å². The van der Waals surface area contributed by atoms with Gasteiger partial charge in [-0.1, -0.05) is 36.4 Å². The minimum Gasteiger partial charge on any atom is -0.456 e. The van der Waals surface area contributed by atoms with Gasteiger partial charge in [-0.3, -0.25) is 0 Å². The predicted octanol–water partition coefficient (Wildman–Crippen LogP) is 5.32. The molecule has 0 atom stereocenters. The van der Waals surface area contributed by atoms with E-state index in [9.17, 15) is 0 Å². The van der Waals surface area contributed by atoms with Crippen LogP contribution in [-0.2, 0) is 0 Å². The van der Waals surface area contributed by atoms with Crippen molar-refractivity contribution in [3.05, 3.63) is 66.7 Å². The average molecular weight is 287 g/mol. The Morgan fingerprint density at radius 1 is 0.682 bits per heavy atom. The fourth-order valence-corrected chi connectivity index (χ4v) is 2.87. The predicted molar refractivity (Wildman–Crippen MR) is 93.5 cm³/mol. The lowest BCUT2D eigenvalue weighted by atomic mass is 10.0. The van der Waals surface area contributed by atoms with Gasteiger partial charge < -0.3 is 9.32 Å². The molecule has 1 heterocycles. The second kappa shape index (κ2) is 4.92. The second-order valence-electron chi connectivity index (χ2n) is 5.75. The van der Waals surface area contributed by atoms with E-state index in [2.05, 4.69) is 67.5 Å². The molecule has 0 aliphatic heterocycles. The molecule has 0 spiro atoms. The summed E-state index contributed by atoms with van der Waals surface area (Å²) in [5.74, 6) is 0. The van der Waals surface area contributed by atoms with Gasteiger partial charge in [0.05, 0.1) is 0 Å². The highest BCUT2D eigenvalue weighted by Crippen LogP contribution is 2.32. The van der Waals surface area contributed by atoms with E-state index in [1.807, 2.05) is 18.2 Å². The van der Waals surface area contributed by atoms with Crippen molar-refractivity contribution < 1.29 is 4.42 Å². The minimum absolute atomic E-state index is 0.939. The number of hydrogen-bond acceptors (Lipinski definition) is 2. The SMILES string of the molecule is CN(C)c1cccc(-c2ccc3c(c2)oc2ccccc23)c1. The van der Waals surface area contributed by atoms with Crippen molar-refractivity contribution in [1.82, 2.24) is 0 Å². The van der Waals surface area contributed by atoms with Gasteiger partial charge in [0, 0.05) is 30.6 Å². The van der Waals surface area contributed by atoms with Gasteiger partial charge in [-0.05, 0) is 41.5 Å². The number of benzene rings is 3. The van der Waals surface area contributed by atoms with Crippen molar-refractivity contribution in [1.29, 1.82) is 0 Å². The third-order valence-electron chi connectivity index (χ3n) is 4.07. The number of anilines is 1. The summed E-state index contributed by atoms with van der Waals surface area (Å²) in [4.78, 5) is 2.11. The van der Waals surface area contributed by atoms with Crippen LogP contribution in [0.4, 0.5) is 5.69 Å². The second-order valence-corrected chi connectivity index (χ2v) is 5.75. The van der Waals surface area contributed by atoms with E-state index in [0.717, 1.165) is 11.2 Å². The maximum Gasteiger partial charge on any atom is 0.136 e. The molecule has 0 saturated carbocycles. The summed E-state index contributed by atoms with van der Waals surface area (Å²) in [6.45, 7) is 0. The van der Waals surface area contributed by atoms with Crippen molar-refractivity contribution in [2.45, 2.75) is 0 Å². The highest BCUT2D eigenvalue weighted by Gasteiger charge is 2.08. The summed E-state index contributed by atoms with van der Waals surface area (Å²) >= 11 is 0. The molecular weight excluding hydrogens is 270 g/mol. The third kappa shape index (κ3) is 2.04. The van der Waals surface area contributed by atoms with E-state index in [1.165, 1.54) is 27.6 Å². The summed E-state index contributed by atoms with van der Waals surface area (Å²) < 4.78 is 5.98. The van der Waals surface area contributed by atoms with Gasteiger partial charge >= 0.3 is 0 Å². The fourth-order valence-electron chi connectivity index (χ4n) is 2.87. The molecule has 3 aromatic carbocycles. The Labute approximate surface area is 129 Å². The molecule has 108 valence electrons. The summed E-state index contributed by atoms with van der Waals surface area (Å²) in [6, 6.07) is 23.2. The first-order valence-corrected chi connectivity index (χ1v) is 7.41.